The number of aliphatic imine (C=N–C) groups is 1. The van der Waals surface area contributed by atoms with E-state index in [0.29, 0.717) is 0 Å². The molecule has 2 heterocycles. The molecule has 0 aliphatic carbocycles. The summed E-state index contributed by atoms with van der Waals surface area (Å²) < 4.78 is 38.9. The van der Waals surface area contributed by atoms with Crippen LogP contribution < -0.4 is 0 Å². The molecule has 1 aliphatic rings. The van der Waals surface area contributed by atoms with Gasteiger partial charge in [-0.3, -0.25) is 4.79 Å². The molecular formula is C10H5F3N6OS. The first-order valence-electron chi connectivity index (χ1n) is 5.24. The number of aromatic amines is 1. The summed E-state index contributed by atoms with van der Waals surface area (Å²) >= 11 is 0.736. The quantitative estimate of drug-likeness (QED) is 0.825. The predicted octanol–water partition coefficient (Wildman–Crippen LogP) is 1.31. The largest absolute Gasteiger partial charge is 0.418 e. The number of dihydropyridines is 1. The zero-order valence-corrected chi connectivity index (χ0v) is 10.9. The lowest BCUT2D eigenvalue weighted by Crippen LogP contribution is -2.25. The van der Waals surface area contributed by atoms with Gasteiger partial charge in [0.2, 0.25) is 0 Å². The Morgan fingerprint density at radius 2 is 2.14 bits per heavy atom. The number of nitrogens with zero attached hydrogens (tertiary/aromatic N) is 5. The predicted molar refractivity (Wildman–Crippen MR) is 65.7 cm³/mol. The molecule has 0 aromatic carbocycles. The third-order valence-electron chi connectivity index (χ3n) is 2.35. The molecule has 0 radical (unpaired) electrons. The molecule has 2 rings (SSSR count). The lowest BCUT2D eigenvalue weighted by molar-refractivity contribution is -0.117. The highest BCUT2D eigenvalue weighted by molar-refractivity contribution is 8.13. The number of nitrogens with one attached hydrogen (secondary N) is 1. The molecule has 0 saturated carbocycles. The van der Waals surface area contributed by atoms with E-state index in [1.165, 1.54) is 6.07 Å². The number of aromatic nitrogens is 4. The van der Waals surface area contributed by atoms with Gasteiger partial charge < -0.3 is 0 Å². The van der Waals surface area contributed by atoms with E-state index in [1.54, 1.807) is 0 Å². The molecule has 0 atom stereocenters. The van der Waals surface area contributed by atoms with Crippen molar-refractivity contribution in [2.24, 2.45) is 4.99 Å². The third kappa shape index (κ3) is 3.00. The summed E-state index contributed by atoms with van der Waals surface area (Å²) in [5, 5.41) is 21.3. The van der Waals surface area contributed by atoms with E-state index in [-0.39, 0.29) is 16.6 Å². The Labute approximate surface area is 119 Å². The Bertz CT molecular complexity index is 697. The second kappa shape index (κ2) is 5.49. The van der Waals surface area contributed by atoms with Gasteiger partial charge in [-0.1, -0.05) is 23.6 Å². The molecule has 1 aromatic rings. The van der Waals surface area contributed by atoms with Gasteiger partial charge in [0, 0.05) is 5.57 Å². The Morgan fingerprint density at radius 3 is 2.67 bits per heavy atom. The Hall–Kier alpha value is -2.48. The number of carbonyl (C=O) groups is 1. The molecule has 1 N–H and O–H groups in total. The molecule has 108 valence electrons. The lowest BCUT2D eigenvalue weighted by Gasteiger charge is -2.19. The second-order valence-electron chi connectivity index (χ2n) is 3.68. The van der Waals surface area contributed by atoms with Crippen molar-refractivity contribution >= 4 is 22.7 Å². The number of halogens is 3. The van der Waals surface area contributed by atoms with Crippen molar-refractivity contribution in [2.45, 2.75) is 11.9 Å². The van der Waals surface area contributed by atoms with Crippen LogP contribution in [-0.4, -0.2) is 37.8 Å². The number of H-pyrrole nitrogens is 1. The first-order chi connectivity index (χ1) is 9.84. The maximum atomic E-state index is 13.0. The Kier molecular flexibility index (Phi) is 3.90. The van der Waals surface area contributed by atoms with Crippen LogP contribution in [0.25, 0.3) is 0 Å². The van der Waals surface area contributed by atoms with E-state index in [2.05, 4.69) is 32.2 Å². The first-order valence-corrected chi connectivity index (χ1v) is 6.22. The second-order valence-corrected chi connectivity index (χ2v) is 4.64. The smallest absolute Gasteiger partial charge is 0.267 e. The molecule has 0 saturated heterocycles. The average Bonchev–Trinajstić information content (AvgIpc) is 2.91. The number of thioether (sulfide) groups is 1. The molecule has 0 unspecified atom stereocenters. The molecule has 0 spiro atoms. The molecular weight excluding hydrogens is 309 g/mol. The standard InChI is InChI=1S/C10H5F3N6OS/c1-4-7(10(11,12)13)5(2-14)9(15-8(4)20)21-3-6-16-18-19-17-6/h1,3H2,(H,16,17,18,19). The first kappa shape index (κ1) is 14.9. The molecule has 21 heavy (non-hydrogen) atoms. The van der Waals surface area contributed by atoms with Gasteiger partial charge in [-0.2, -0.15) is 23.6 Å². The number of hydrogen-bond donors (Lipinski definition) is 1. The fourth-order valence-corrected chi connectivity index (χ4v) is 2.31. The Morgan fingerprint density at radius 1 is 1.43 bits per heavy atom. The van der Waals surface area contributed by atoms with Gasteiger partial charge in [-0.05, 0) is 0 Å². The minimum Gasteiger partial charge on any atom is -0.267 e. The number of rotatable bonds is 2. The zero-order valence-electron chi connectivity index (χ0n) is 10.1. The number of alkyl halides is 3. The van der Waals surface area contributed by atoms with Gasteiger partial charge in [0.05, 0.1) is 16.9 Å². The Balaban J connectivity index is 2.37. The zero-order chi connectivity index (χ0) is 15.6. The molecule has 0 bridgehead atoms. The van der Waals surface area contributed by atoms with E-state index in [0.717, 1.165) is 11.8 Å². The highest BCUT2D eigenvalue weighted by atomic mass is 32.2. The van der Waals surface area contributed by atoms with Crippen LogP contribution in [0, 0.1) is 11.3 Å². The fraction of sp³-hybridized carbons (Fsp3) is 0.200. The van der Waals surface area contributed by atoms with E-state index >= 15 is 0 Å². The summed E-state index contributed by atoms with van der Waals surface area (Å²) in [6, 6.07) is 1.42. The van der Waals surface area contributed by atoms with Crippen molar-refractivity contribution in [3.05, 3.63) is 29.1 Å². The van der Waals surface area contributed by atoms with E-state index in [9.17, 15) is 18.0 Å². The van der Waals surface area contributed by atoms with E-state index < -0.39 is 28.8 Å². The number of amides is 1. The SMILES string of the molecule is C=C1C(=O)N=C(SCc2nn[nH]n2)C(C#N)=C1C(F)(F)F. The monoisotopic (exact) mass is 314 g/mol. The molecule has 1 amide bonds. The van der Waals surface area contributed by atoms with Gasteiger partial charge >= 0.3 is 6.18 Å². The summed E-state index contributed by atoms with van der Waals surface area (Å²) in [5.41, 5.74) is -2.94. The topological polar surface area (TPSA) is 108 Å². The number of nitriles is 1. The lowest BCUT2D eigenvalue weighted by atomic mass is 9.99. The molecule has 1 aliphatic heterocycles. The van der Waals surface area contributed by atoms with Crippen LogP contribution in [0.15, 0.2) is 28.3 Å². The molecule has 7 nitrogen and oxygen atoms in total. The summed E-state index contributed by atoms with van der Waals surface area (Å²) in [6.07, 6.45) is -4.87. The number of carbonyl (C=O) groups excluding carboxylic acids is 1. The summed E-state index contributed by atoms with van der Waals surface area (Å²) in [7, 11) is 0. The maximum absolute atomic E-state index is 13.0. The highest BCUT2D eigenvalue weighted by Gasteiger charge is 2.43. The summed E-state index contributed by atoms with van der Waals surface area (Å²) in [4.78, 5) is 14.9. The van der Waals surface area contributed by atoms with Gasteiger partial charge in [-0.15, -0.1) is 10.2 Å². The number of hydrogen-bond acceptors (Lipinski definition) is 6. The van der Waals surface area contributed by atoms with Gasteiger partial charge in [0.1, 0.15) is 11.1 Å². The van der Waals surface area contributed by atoms with Crippen molar-refractivity contribution in [1.29, 1.82) is 5.26 Å². The van der Waals surface area contributed by atoms with Crippen LogP contribution in [0.1, 0.15) is 5.82 Å². The van der Waals surface area contributed by atoms with Crippen LogP contribution in [0.4, 0.5) is 13.2 Å². The van der Waals surface area contributed by atoms with Crippen LogP contribution >= 0.6 is 11.8 Å². The van der Waals surface area contributed by atoms with Crippen LogP contribution in [0.2, 0.25) is 0 Å². The van der Waals surface area contributed by atoms with Crippen molar-refractivity contribution in [3.8, 4) is 6.07 Å². The average molecular weight is 314 g/mol. The minimum atomic E-state index is -4.87. The van der Waals surface area contributed by atoms with Crippen molar-refractivity contribution in [1.82, 2.24) is 20.6 Å². The minimum absolute atomic E-state index is 0.00536. The maximum Gasteiger partial charge on any atom is 0.418 e. The van der Waals surface area contributed by atoms with Gasteiger partial charge in [-0.25, -0.2) is 4.99 Å². The van der Waals surface area contributed by atoms with E-state index in [1.807, 2.05) is 0 Å². The fourth-order valence-electron chi connectivity index (χ4n) is 1.48. The third-order valence-corrected chi connectivity index (χ3v) is 3.32. The molecule has 0 fully saturated rings. The highest BCUT2D eigenvalue weighted by Crippen LogP contribution is 2.38. The van der Waals surface area contributed by atoms with Gasteiger partial charge in [0.25, 0.3) is 5.91 Å². The van der Waals surface area contributed by atoms with Crippen LogP contribution in [0.5, 0.6) is 0 Å². The normalized spacial score (nSPS) is 16.0. The van der Waals surface area contributed by atoms with Crippen molar-refractivity contribution in [2.75, 3.05) is 0 Å². The molecule has 11 heteroatoms. The van der Waals surface area contributed by atoms with Crippen molar-refractivity contribution < 1.29 is 18.0 Å². The summed E-state index contributed by atoms with van der Waals surface area (Å²) in [5.74, 6) is -0.923. The van der Waals surface area contributed by atoms with Crippen LogP contribution in [-0.2, 0) is 10.5 Å². The van der Waals surface area contributed by atoms with Crippen molar-refractivity contribution in [3.63, 3.8) is 0 Å². The van der Waals surface area contributed by atoms with Gasteiger partial charge in [0.15, 0.2) is 5.82 Å². The van der Waals surface area contributed by atoms with Crippen LogP contribution in [0.3, 0.4) is 0 Å². The number of tetrazole rings is 1. The summed E-state index contributed by atoms with van der Waals surface area (Å²) in [6.45, 7) is 3.05. The molecule has 1 aromatic heterocycles. The van der Waals surface area contributed by atoms with E-state index in [4.69, 9.17) is 5.26 Å².